The van der Waals surface area contributed by atoms with Gasteiger partial charge in [0.05, 0.1) is 5.69 Å². The molecule has 96 valence electrons. The summed E-state index contributed by atoms with van der Waals surface area (Å²) >= 11 is 0. The number of rotatable bonds is 3. The van der Waals surface area contributed by atoms with Crippen LogP contribution in [0.3, 0.4) is 0 Å². The maximum absolute atomic E-state index is 11.5. The molecule has 2 rings (SSSR count). The minimum atomic E-state index is -0.638. The van der Waals surface area contributed by atoms with Gasteiger partial charge in [0.15, 0.2) is 0 Å². The van der Waals surface area contributed by atoms with E-state index in [1.54, 1.807) is 37.4 Å². The van der Waals surface area contributed by atoms with E-state index in [1.165, 1.54) is 0 Å². The van der Waals surface area contributed by atoms with E-state index in [9.17, 15) is 4.79 Å². The third kappa shape index (κ3) is 3.92. The molecule has 0 aliphatic carbocycles. The van der Waals surface area contributed by atoms with Gasteiger partial charge in [-0.1, -0.05) is 29.4 Å². The Morgan fingerprint density at radius 2 is 1.89 bits per heavy atom. The van der Waals surface area contributed by atoms with Crippen molar-refractivity contribution in [3.63, 3.8) is 0 Å². The molecule has 0 saturated heterocycles. The SMILES string of the molecule is CC(=NOC(=O)Nc1ccccc1)c1ccccn1. The fourth-order valence-electron chi connectivity index (χ4n) is 1.40. The van der Waals surface area contributed by atoms with Crippen molar-refractivity contribution < 1.29 is 9.63 Å². The van der Waals surface area contributed by atoms with Crippen LogP contribution in [0.15, 0.2) is 59.9 Å². The number of nitrogens with one attached hydrogen (secondary N) is 1. The molecule has 1 heterocycles. The van der Waals surface area contributed by atoms with Gasteiger partial charge in [-0.2, -0.15) is 0 Å². The van der Waals surface area contributed by atoms with Crippen molar-refractivity contribution in [1.82, 2.24) is 4.98 Å². The van der Waals surface area contributed by atoms with Crippen molar-refractivity contribution in [2.75, 3.05) is 5.32 Å². The first-order chi connectivity index (χ1) is 9.25. The average molecular weight is 255 g/mol. The lowest BCUT2D eigenvalue weighted by Crippen LogP contribution is -2.12. The summed E-state index contributed by atoms with van der Waals surface area (Å²) in [6.07, 6.45) is 1.01. The van der Waals surface area contributed by atoms with E-state index in [2.05, 4.69) is 15.5 Å². The first kappa shape index (κ1) is 12.8. The summed E-state index contributed by atoms with van der Waals surface area (Å²) < 4.78 is 0. The molecule has 1 amide bonds. The van der Waals surface area contributed by atoms with Gasteiger partial charge in [0.2, 0.25) is 0 Å². The molecule has 0 saturated carbocycles. The van der Waals surface area contributed by atoms with E-state index in [0.29, 0.717) is 17.1 Å². The van der Waals surface area contributed by atoms with E-state index in [-0.39, 0.29) is 0 Å². The van der Waals surface area contributed by atoms with Crippen molar-refractivity contribution in [2.45, 2.75) is 6.92 Å². The smallest absolute Gasteiger partial charge is 0.297 e. The first-order valence-corrected chi connectivity index (χ1v) is 5.75. The Morgan fingerprint density at radius 3 is 2.58 bits per heavy atom. The summed E-state index contributed by atoms with van der Waals surface area (Å²) in [5.74, 6) is 0. The number of amides is 1. The molecule has 0 spiro atoms. The fourth-order valence-corrected chi connectivity index (χ4v) is 1.40. The van der Waals surface area contributed by atoms with Crippen molar-refractivity contribution in [3.05, 3.63) is 60.4 Å². The molecule has 0 unspecified atom stereocenters. The number of oxime groups is 1. The highest BCUT2D eigenvalue weighted by Crippen LogP contribution is 2.05. The zero-order valence-electron chi connectivity index (χ0n) is 10.4. The predicted octanol–water partition coefficient (Wildman–Crippen LogP) is 3.05. The Labute approximate surface area is 110 Å². The quantitative estimate of drug-likeness (QED) is 0.521. The van der Waals surface area contributed by atoms with Gasteiger partial charge in [0, 0.05) is 11.9 Å². The highest BCUT2D eigenvalue weighted by atomic mass is 16.7. The van der Waals surface area contributed by atoms with Crippen LogP contribution in [0.2, 0.25) is 0 Å². The van der Waals surface area contributed by atoms with Crippen molar-refractivity contribution in [3.8, 4) is 0 Å². The zero-order valence-corrected chi connectivity index (χ0v) is 10.4. The lowest BCUT2D eigenvalue weighted by Gasteiger charge is -2.03. The van der Waals surface area contributed by atoms with Gasteiger partial charge >= 0.3 is 6.09 Å². The normalized spacial score (nSPS) is 10.9. The van der Waals surface area contributed by atoms with Gasteiger partial charge in [-0.15, -0.1) is 0 Å². The Kier molecular flexibility index (Phi) is 4.23. The van der Waals surface area contributed by atoms with Gasteiger partial charge in [-0.3, -0.25) is 15.1 Å². The van der Waals surface area contributed by atoms with Crippen LogP contribution in [0.5, 0.6) is 0 Å². The number of carbonyl (C=O) groups excluding carboxylic acids is 1. The molecule has 0 aliphatic rings. The third-order valence-corrected chi connectivity index (χ3v) is 2.32. The molecule has 0 fully saturated rings. The first-order valence-electron chi connectivity index (χ1n) is 5.75. The van der Waals surface area contributed by atoms with Crippen LogP contribution in [-0.4, -0.2) is 16.8 Å². The topological polar surface area (TPSA) is 63.6 Å². The molecule has 1 N–H and O–H groups in total. The van der Waals surface area contributed by atoms with Crippen LogP contribution in [0, 0.1) is 0 Å². The van der Waals surface area contributed by atoms with Crippen LogP contribution >= 0.6 is 0 Å². The third-order valence-electron chi connectivity index (χ3n) is 2.32. The maximum Gasteiger partial charge on any atom is 0.437 e. The lowest BCUT2D eigenvalue weighted by atomic mass is 10.3. The van der Waals surface area contributed by atoms with Crippen LogP contribution in [0.1, 0.15) is 12.6 Å². The highest BCUT2D eigenvalue weighted by molar-refractivity contribution is 5.97. The minimum absolute atomic E-state index is 0.531. The molecule has 1 aromatic carbocycles. The summed E-state index contributed by atoms with van der Waals surface area (Å²) in [6.45, 7) is 1.72. The number of nitrogens with zero attached hydrogens (tertiary/aromatic N) is 2. The number of hydrogen-bond donors (Lipinski definition) is 1. The number of aromatic nitrogens is 1. The number of carbonyl (C=O) groups is 1. The fraction of sp³-hybridized carbons (Fsp3) is 0.0714. The van der Waals surface area contributed by atoms with E-state index in [0.717, 1.165) is 0 Å². The number of benzene rings is 1. The number of anilines is 1. The largest absolute Gasteiger partial charge is 0.437 e. The molecule has 19 heavy (non-hydrogen) atoms. The molecular weight excluding hydrogens is 242 g/mol. The zero-order chi connectivity index (χ0) is 13.5. The summed E-state index contributed by atoms with van der Waals surface area (Å²) in [6, 6.07) is 14.4. The Hall–Kier alpha value is -2.69. The number of hydrogen-bond acceptors (Lipinski definition) is 4. The van der Waals surface area contributed by atoms with Gasteiger partial charge in [-0.25, -0.2) is 4.79 Å². The Bertz CT molecular complexity index is 568. The van der Waals surface area contributed by atoms with Gasteiger partial charge in [0.1, 0.15) is 5.71 Å². The second kappa shape index (κ2) is 6.30. The number of pyridine rings is 1. The molecular formula is C14H13N3O2. The van der Waals surface area contributed by atoms with Crippen molar-refractivity contribution >= 4 is 17.5 Å². The Morgan fingerprint density at radius 1 is 1.16 bits per heavy atom. The summed E-state index contributed by atoms with van der Waals surface area (Å²) in [5, 5.41) is 6.29. The van der Waals surface area contributed by atoms with Crippen LogP contribution in [0.25, 0.3) is 0 Å². The van der Waals surface area contributed by atoms with Gasteiger partial charge < -0.3 is 0 Å². The van der Waals surface area contributed by atoms with Crippen LogP contribution in [-0.2, 0) is 4.84 Å². The maximum atomic E-state index is 11.5. The molecule has 1 aromatic heterocycles. The van der Waals surface area contributed by atoms with E-state index in [1.807, 2.05) is 24.3 Å². The minimum Gasteiger partial charge on any atom is -0.297 e. The number of para-hydroxylation sites is 1. The van der Waals surface area contributed by atoms with Crippen LogP contribution in [0.4, 0.5) is 10.5 Å². The van der Waals surface area contributed by atoms with E-state index >= 15 is 0 Å². The van der Waals surface area contributed by atoms with Crippen LogP contribution < -0.4 is 5.32 Å². The molecule has 2 aromatic rings. The van der Waals surface area contributed by atoms with Gasteiger partial charge in [-0.05, 0) is 31.2 Å². The lowest BCUT2D eigenvalue weighted by molar-refractivity contribution is 0.166. The highest BCUT2D eigenvalue weighted by Gasteiger charge is 2.04. The van der Waals surface area contributed by atoms with Crippen molar-refractivity contribution in [1.29, 1.82) is 0 Å². The molecule has 5 nitrogen and oxygen atoms in total. The van der Waals surface area contributed by atoms with Crippen molar-refractivity contribution in [2.24, 2.45) is 5.16 Å². The molecule has 5 heteroatoms. The monoisotopic (exact) mass is 255 g/mol. The molecule has 0 radical (unpaired) electrons. The van der Waals surface area contributed by atoms with Gasteiger partial charge in [0.25, 0.3) is 0 Å². The molecule has 0 atom stereocenters. The molecule has 0 bridgehead atoms. The second-order valence-electron chi connectivity index (χ2n) is 3.76. The van der Waals surface area contributed by atoms with E-state index in [4.69, 9.17) is 4.84 Å². The summed E-state index contributed by atoms with van der Waals surface area (Å²) in [7, 11) is 0. The second-order valence-corrected chi connectivity index (χ2v) is 3.76. The Balaban J connectivity index is 1.93. The average Bonchev–Trinajstić information content (AvgIpc) is 2.47. The molecule has 0 aliphatic heterocycles. The predicted molar refractivity (Wildman–Crippen MR) is 73.0 cm³/mol. The standard InChI is InChI=1S/C14H13N3O2/c1-11(13-9-5-6-10-15-13)17-19-14(18)16-12-7-3-2-4-8-12/h2-10H,1H3,(H,16,18). The summed E-state index contributed by atoms with van der Waals surface area (Å²) in [4.78, 5) is 20.3. The summed E-state index contributed by atoms with van der Waals surface area (Å²) in [5.41, 5.74) is 1.84. The van der Waals surface area contributed by atoms with E-state index < -0.39 is 6.09 Å².